The molecule has 1 aliphatic carbocycles. The lowest BCUT2D eigenvalue weighted by Gasteiger charge is -2.18. The Labute approximate surface area is 107 Å². The Balaban J connectivity index is 1.89. The zero-order valence-electron chi connectivity index (χ0n) is 10.4. The number of nitrogens with one attached hydrogen (secondary N) is 1. The molecule has 0 aromatic heterocycles. The summed E-state index contributed by atoms with van der Waals surface area (Å²) in [5.41, 5.74) is 5.91. The van der Waals surface area contributed by atoms with E-state index in [9.17, 15) is 0 Å². The second kappa shape index (κ2) is 4.37. The molecule has 0 fully saturated rings. The van der Waals surface area contributed by atoms with Crippen molar-refractivity contribution in [1.29, 1.82) is 0 Å². The molecule has 1 aliphatic heterocycles. The van der Waals surface area contributed by atoms with E-state index in [0.717, 1.165) is 17.5 Å². The number of hydrogen-bond donors (Lipinski definition) is 1. The molecular weight excluding hydrogens is 228 g/mol. The Kier molecular flexibility index (Phi) is 2.87. The van der Waals surface area contributed by atoms with Gasteiger partial charge in [-0.25, -0.2) is 0 Å². The number of benzene rings is 1. The van der Waals surface area contributed by atoms with Crippen molar-refractivity contribution in [2.45, 2.75) is 32.7 Å². The van der Waals surface area contributed by atoms with Gasteiger partial charge in [0.15, 0.2) is 5.17 Å². The summed E-state index contributed by atoms with van der Waals surface area (Å²) < 4.78 is 0. The van der Waals surface area contributed by atoms with Crippen molar-refractivity contribution in [2.24, 2.45) is 4.99 Å². The first kappa shape index (κ1) is 11.1. The summed E-state index contributed by atoms with van der Waals surface area (Å²) in [5.74, 6) is 1.13. The number of amidine groups is 1. The van der Waals surface area contributed by atoms with Gasteiger partial charge in [-0.15, -0.1) is 0 Å². The molecule has 17 heavy (non-hydrogen) atoms. The molecule has 1 N–H and O–H groups in total. The van der Waals surface area contributed by atoms with Crippen LogP contribution in [0.15, 0.2) is 17.1 Å². The minimum atomic E-state index is 0.481. The summed E-state index contributed by atoms with van der Waals surface area (Å²) in [4.78, 5) is 4.49. The fourth-order valence-corrected chi connectivity index (χ4v) is 3.54. The van der Waals surface area contributed by atoms with Gasteiger partial charge in [0, 0.05) is 5.75 Å². The van der Waals surface area contributed by atoms with Crippen LogP contribution in [0.1, 0.15) is 34.7 Å². The van der Waals surface area contributed by atoms with E-state index in [0.29, 0.717) is 6.04 Å². The van der Waals surface area contributed by atoms with Gasteiger partial charge in [-0.1, -0.05) is 23.9 Å². The van der Waals surface area contributed by atoms with Gasteiger partial charge < -0.3 is 5.32 Å². The molecule has 1 heterocycles. The highest BCUT2D eigenvalue weighted by molar-refractivity contribution is 8.14. The number of nitrogens with zero attached hydrogens (tertiary/aromatic N) is 1. The molecule has 1 aromatic rings. The van der Waals surface area contributed by atoms with Gasteiger partial charge in [0.2, 0.25) is 0 Å². The lowest BCUT2D eigenvalue weighted by molar-refractivity contribution is 0.641. The maximum Gasteiger partial charge on any atom is 0.157 e. The molecule has 2 aliphatic rings. The smallest absolute Gasteiger partial charge is 0.157 e. The number of hydrogen-bond acceptors (Lipinski definition) is 3. The Hall–Kier alpha value is -0.960. The van der Waals surface area contributed by atoms with Crippen LogP contribution in [-0.2, 0) is 6.42 Å². The van der Waals surface area contributed by atoms with Gasteiger partial charge in [0.05, 0.1) is 12.6 Å². The van der Waals surface area contributed by atoms with Crippen molar-refractivity contribution in [3.8, 4) is 0 Å². The summed E-state index contributed by atoms with van der Waals surface area (Å²) in [5, 5.41) is 4.76. The van der Waals surface area contributed by atoms with E-state index in [-0.39, 0.29) is 0 Å². The van der Waals surface area contributed by atoms with Crippen molar-refractivity contribution < 1.29 is 0 Å². The fourth-order valence-electron chi connectivity index (χ4n) is 2.76. The normalized spacial score (nSPS) is 22.5. The quantitative estimate of drug-likeness (QED) is 0.824. The molecule has 0 amide bonds. The number of thioether (sulfide) groups is 1. The molecule has 0 saturated carbocycles. The number of fused-ring (bicyclic) bond motifs is 1. The van der Waals surface area contributed by atoms with Crippen molar-refractivity contribution in [2.75, 3.05) is 12.3 Å². The lowest BCUT2D eigenvalue weighted by Crippen LogP contribution is -2.24. The van der Waals surface area contributed by atoms with Crippen LogP contribution < -0.4 is 5.32 Å². The SMILES string of the molecule is Cc1ccc2c(c1C)C(NC1=NCCS1)CC2. The molecule has 1 aromatic carbocycles. The maximum atomic E-state index is 4.49. The first-order chi connectivity index (χ1) is 8.25. The first-order valence-electron chi connectivity index (χ1n) is 6.28. The standard InChI is InChI=1S/C14H18N2S/c1-9-3-4-11-5-6-12(13(11)10(9)2)16-14-15-7-8-17-14/h3-4,12H,5-8H2,1-2H3,(H,15,16). The van der Waals surface area contributed by atoms with Crippen LogP contribution >= 0.6 is 11.8 Å². The Morgan fingerprint density at radius 2 is 2.24 bits per heavy atom. The average molecular weight is 246 g/mol. The highest BCUT2D eigenvalue weighted by atomic mass is 32.2. The fraction of sp³-hybridized carbons (Fsp3) is 0.500. The molecule has 0 saturated heterocycles. The van der Waals surface area contributed by atoms with Gasteiger partial charge in [-0.2, -0.15) is 0 Å². The van der Waals surface area contributed by atoms with Crippen molar-refractivity contribution in [3.63, 3.8) is 0 Å². The summed E-state index contributed by atoms with van der Waals surface area (Å²) in [7, 11) is 0. The van der Waals surface area contributed by atoms with Crippen LogP contribution in [0.2, 0.25) is 0 Å². The molecule has 3 heteroatoms. The van der Waals surface area contributed by atoms with E-state index in [1.54, 1.807) is 0 Å². The van der Waals surface area contributed by atoms with E-state index in [1.165, 1.54) is 35.1 Å². The van der Waals surface area contributed by atoms with Crippen LogP contribution in [0.25, 0.3) is 0 Å². The van der Waals surface area contributed by atoms with E-state index in [4.69, 9.17) is 0 Å². The van der Waals surface area contributed by atoms with E-state index >= 15 is 0 Å². The zero-order valence-corrected chi connectivity index (χ0v) is 11.2. The van der Waals surface area contributed by atoms with Crippen LogP contribution in [0.5, 0.6) is 0 Å². The van der Waals surface area contributed by atoms with Gasteiger partial charge in [-0.05, 0) is 48.9 Å². The summed E-state index contributed by atoms with van der Waals surface area (Å²) in [6, 6.07) is 5.02. The third kappa shape index (κ3) is 1.97. The zero-order chi connectivity index (χ0) is 11.8. The molecule has 0 radical (unpaired) electrons. The maximum absolute atomic E-state index is 4.49. The molecule has 0 bridgehead atoms. The minimum absolute atomic E-state index is 0.481. The first-order valence-corrected chi connectivity index (χ1v) is 7.27. The van der Waals surface area contributed by atoms with Crippen LogP contribution in [0.4, 0.5) is 0 Å². The third-order valence-electron chi connectivity index (χ3n) is 3.81. The van der Waals surface area contributed by atoms with Crippen molar-refractivity contribution >= 4 is 16.9 Å². The molecule has 2 nitrogen and oxygen atoms in total. The lowest BCUT2D eigenvalue weighted by atomic mass is 9.98. The highest BCUT2D eigenvalue weighted by Crippen LogP contribution is 2.35. The van der Waals surface area contributed by atoms with Gasteiger partial charge in [0.1, 0.15) is 0 Å². The topological polar surface area (TPSA) is 24.4 Å². The largest absolute Gasteiger partial charge is 0.358 e. The van der Waals surface area contributed by atoms with Crippen LogP contribution in [0.3, 0.4) is 0 Å². The summed E-state index contributed by atoms with van der Waals surface area (Å²) in [6.07, 6.45) is 2.41. The number of rotatable bonds is 1. The van der Waals surface area contributed by atoms with Crippen molar-refractivity contribution in [1.82, 2.24) is 5.32 Å². The predicted octanol–water partition coefficient (Wildman–Crippen LogP) is 2.98. The van der Waals surface area contributed by atoms with Gasteiger partial charge in [-0.3, -0.25) is 4.99 Å². The Morgan fingerprint density at radius 3 is 3.00 bits per heavy atom. The van der Waals surface area contributed by atoms with E-state index in [1.807, 2.05) is 11.8 Å². The molecule has 1 unspecified atom stereocenters. The van der Waals surface area contributed by atoms with Crippen molar-refractivity contribution in [3.05, 3.63) is 34.4 Å². The second-order valence-electron chi connectivity index (χ2n) is 4.85. The van der Waals surface area contributed by atoms with Crippen LogP contribution in [-0.4, -0.2) is 17.5 Å². The second-order valence-corrected chi connectivity index (χ2v) is 5.93. The van der Waals surface area contributed by atoms with E-state index < -0.39 is 0 Å². The van der Waals surface area contributed by atoms with Crippen LogP contribution in [0, 0.1) is 13.8 Å². The molecule has 3 rings (SSSR count). The third-order valence-corrected chi connectivity index (χ3v) is 4.72. The minimum Gasteiger partial charge on any atom is -0.358 e. The predicted molar refractivity (Wildman–Crippen MR) is 74.9 cm³/mol. The molecular formula is C14H18N2S. The highest BCUT2D eigenvalue weighted by Gasteiger charge is 2.26. The number of aliphatic imine (C=N–C) groups is 1. The van der Waals surface area contributed by atoms with E-state index in [2.05, 4.69) is 36.3 Å². The molecule has 90 valence electrons. The number of aryl methyl sites for hydroxylation is 2. The molecule has 1 atom stereocenters. The summed E-state index contributed by atoms with van der Waals surface area (Å²) >= 11 is 1.85. The summed E-state index contributed by atoms with van der Waals surface area (Å²) in [6.45, 7) is 5.42. The Morgan fingerprint density at radius 1 is 1.35 bits per heavy atom. The average Bonchev–Trinajstić information content (AvgIpc) is 2.94. The molecule has 0 spiro atoms. The monoisotopic (exact) mass is 246 g/mol. The van der Waals surface area contributed by atoms with Gasteiger partial charge >= 0.3 is 0 Å². The Bertz CT molecular complexity index is 479. The van der Waals surface area contributed by atoms with Gasteiger partial charge in [0.25, 0.3) is 0 Å².